The number of rotatable bonds is 3. The Hall–Kier alpha value is -2.41. The van der Waals surface area contributed by atoms with Crippen molar-refractivity contribution in [3.63, 3.8) is 0 Å². The Kier molecular flexibility index (Phi) is 4.17. The van der Waals surface area contributed by atoms with Gasteiger partial charge in [-0.3, -0.25) is 4.79 Å². The molecule has 0 saturated carbocycles. The zero-order chi connectivity index (χ0) is 17.4. The molecular weight excluding hydrogens is 379 g/mol. The third-order valence-corrected chi connectivity index (χ3v) is 5.12. The summed E-state index contributed by atoms with van der Waals surface area (Å²) in [5.74, 6) is 0.491. The fourth-order valence-electron chi connectivity index (χ4n) is 2.37. The Balaban J connectivity index is 1.61. The van der Waals surface area contributed by atoms with Gasteiger partial charge in [0.25, 0.3) is 5.91 Å². The minimum Gasteiger partial charge on any atom is -0.337 e. The Morgan fingerprint density at radius 2 is 2.08 bits per heavy atom. The van der Waals surface area contributed by atoms with Gasteiger partial charge in [0.05, 0.1) is 26.5 Å². The molecule has 3 aromatic heterocycles. The molecule has 0 saturated heterocycles. The van der Waals surface area contributed by atoms with Crippen LogP contribution in [0.15, 0.2) is 48.0 Å². The molecule has 25 heavy (non-hydrogen) atoms. The molecule has 0 spiro atoms. The minimum atomic E-state index is -0.316. The molecule has 1 aromatic carbocycles. The van der Waals surface area contributed by atoms with E-state index in [1.54, 1.807) is 17.4 Å². The normalized spacial score (nSPS) is 11.0. The number of anilines is 1. The molecule has 124 valence electrons. The zero-order valence-electron chi connectivity index (χ0n) is 12.6. The predicted octanol–water partition coefficient (Wildman–Crippen LogP) is 5.25. The number of amides is 1. The lowest BCUT2D eigenvalue weighted by molar-refractivity contribution is 0.102. The minimum absolute atomic E-state index is 0.165. The Bertz CT molecular complexity index is 1080. The number of hydrogen-bond donors (Lipinski definition) is 2. The van der Waals surface area contributed by atoms with Gasteiger partial charge in [-0.15, -0.1) is 11.3 Å². The van der Waals surface area contributed by atoms with Crippen molar-refractivity contribution in [1.29, 1.82) is 0 Å². The largest absolute Gasteiger partial charge is 0.337 e. The van der Waals surface area contributed by atoms with E-state index in [2.05, 4.69) is 20.3 Å². The van der Waals surface area contributed by atoms with Gasteiger partial charge in [0, 0.05) is 11.9 Å². The van der Waals surface area contributed by atoms with Gasteiger partial charge in [-0.2, -0.15) is 0 Å². The number of imidazole rings is 1. The van der Waals surface area contributed by atoms with Crippen molar-refractivity contribution in [3.05, 3.63) is 63.7 Å². The van der Waals surface area contributed by atoms with E-state index >= 15 is 0 Å². The van der Waals surface area contributed by atoms with E-state index in [0.717, 1.165) is 21.7 Å². The van der Waals surface area contributed by atoms with Crippen molar-refractivity contribution in [2.24, 2.45) is 0 Å². The average molecular weight is 389 g/mol. The van der Waals surface area contributed by atoms with Gasteiger partial charge in [-0.05, 0) is 35.7 Å². The van der Waals surface area contributed by atoms with Crippen molar-refractivity contribution in [2.75, 3.05) is 5.32 Å². The maximum Gasteiger partial charge on any atom is 0.257 e. The third kappa shape index (κ3) is 3.24. The highest BCUT2D eigenvalue weighted by atomic mass is 35.5. The summed E-state index contributed by atoms with van der Waals surface area (Å²) in [5, 5.41) is 5.21. The number of thiophene rings is 1. The Morgan fingerprint density at radius 3 is 2.84 bits per heavy atom. The molecule has 3 heterocycles. The molecule has 0 bridgehead atoms. The van der Waals surface area contributed by atoms with Gasteiger partial charge >= 0.3 is 0 Å². The van der Waals surface area contributed by atoms with E-state index in [1.807, 2.05) is 29.6 Å². The first kappa shape index (κ1) is 16.1. The van der Waals surface area contributed by atoms with Gasteiger partial charge in [0.2, 0.25) is 0 Å². The van der Waals surface area contributed by atoms with Crippen molar-refractivity contribution in [2.45, 2.75) is 0 Å². The molecule has 4 aromatic rings. The second-order valence-electron chi connectivity index (χ2n) is 5.25. The first-order valence-corrected chi connectivity index (χ1v) is 8.90. The van der Waals surface area contributed by atoms with Crippen molar-refractivity contribution < 1.29 is 4.79 Å². The number of benzene rings is 1. The standard InChI is InChI=1S/C17H10Cl2N4OS/c18-11-6-9(8-20-15(11)19)17(24)21-10-3-4-12-13(7-10)23-16(22-12)14-2-1-5-25-14/h1-8H,(H,21,24)(H,22,23). The highest BCUT2D eigenvalue weighted by Crippen LogP contribution is 2.26. The zero-order valence-corrected chi connectivity index (χ0v) is 14.9. The predicted molar refractivity (Wildman–Crippen MR) is 102 cm³/mol. The van der Waals surface area contributed by atoms with E-state index in [9.17, 15) is 4.79 Å². The smallest absolute Gasteiger partial charge is 0.257 e. The fourth-order valence-corrected chi connectivity index (χ4v) is 3.30. The van der Waals surface area contributed by atoms with Crippen LogP contribution in [0.1, 0.15) is 10.4 Å². The SMILES string of the molecule is O=C(Nc1ccc2nc(-c3cccs3)[nH]c2c1)c1cnc(Cl)c(Cl)c1. The second kappa shape index (κ2) is 6.48. The summed E-state index contributed by atoms with van der Waals surface area (Å²) >= 11 is 13.3. The molecule has 0 unspecified atom stereocenters. The molecule has 8 heteroatoms. The number of H-pyrrole nitrogens is 1. The summed E-state index contributed by atoms with van der Waals surface area (Å²) in [6.07, 6.45) is 1.38. The third-order valence-electron chi connectivity index (χ3n) is 3.55. The summed E-state index contributed by atoms with van der Waals surface area (Å²) in [4.78, 5) is 25.1. The molecule has 4 rings (SSSR count). The molecule has 0 atom stereocenters. The molecule has 0 aliphatic rings. The number of aromatic amines is 1. The maximum absolute atomic E-state index is 12.3. The number of carbonyl (C=O) groups excluding carboxylic acids is 1. The van der Waals surface area contributed by atoms with Crippen LogP contribution in [0.4, 0.5) is 5.69 Å². The Labute approximate surface area is 156 Å². The van der Waals surface area contributed by atoms with E-state index in [0.29, 0.717) is 11.3 Å². The van der Waals surface area contributed by atoms with Gasteiger partial charge in [0.15, 0.2) is 0 Å². The van der Waals surface area contributed by atoms with Crippen molar-refractivity contribution in [1.82, 2.24) is 15.0 Å². The number of fused-ring (bicyclic) bond motifs is 1. The second-order valence-corrected chi connectivity index (χ2v) is 6.96. The maximum atomic E-state index is 12.3. The van der Waals surface area contributed by atoms with Gasteiger partial charge in [0.1, 0.15) is 11.0 Å². The summed E-state index contributed by atoms with van der Waals surface area (Å²) in [6, 6.07) is 10.9. The fraction of sp³-hybridized carbons (Fsp3) is 0. The molecule has 0 aliphatic carbocycles. The van der Waals surface area contributed by atoms with E-state index in [-0.39, 0.29) is 16.1 Å². The summed E-state index contributed by atoms with van der Waals surface area (Å²) in [7, 11) is 0. The lowest BCUT2D eigenvalue weighted by Gasteiger charge is -2.05. The van der Waals surface area contributed by atoms with Gasteiger partial charge in [-0.1, -0.05) is 29.3 Å². The van der Waals surface area contributed by atoms with Crippen LogP contribution >= 0.6 is 34.5 Å². The number of hydrogen-bond acceptors (Lipinski definition) is 4. The molecule has 0 aliphatic heterocycles. The van der Waals surface area contributed by atoms with Crippen LogP contribution in [0.25, 0.3) is 21.7 Å². The molecule has 2 N–H and O–H groups in total. The van der Waals surface area contributed by atoms with Crippen LogP contribution in [-0.4, -0.2) is 20.9 Å². The van der Waals surface area contributed by atoms with E-state index < -0.39 is 0 Å². The van der Waals surface area contributed by atoms with Crippen LogP contribution < -0.4 is 5.32 Å². The highest BCUT2D eigenvalue weighted by Gasteiger charge is 2.11. The first-order valence-electron chi connectivity index (χ1n) is 7.26. The first-order chi connectivity index (χ1) is 12.1. The number of pyridine rings is 1. The topological polar surface area (TPSA) is 70.7 Å². The number of halogens is 2. The number of nitrogens with one attached hydrogen (secondary N) is 2. The monoisotopic (exact) mass is 388 g/mol. The highest BCUT2D eigenvalue weighted by molar-refractivity contribution is 7.13. The van der Waals surface area contributed by atoms with Gasteiger partial charge in [-0.25, -0.2) is 9.97 Å². The van der Waals surface area contributed by atoms with E-state index in [4.69, 9.17) is 23.2 Å². The number of nitrogens with zero attached hydrogens (tertiary/aromatic N) is 2. The van der Waals surface area contributed by atoms with Crippen molar-refractivity contribution >= 4 is 57.2 Å². The Morgan fingerprint density at radius 1 is 1.20 bits per heavy atom. The molecule has 0 radical (unpaired) electrons. The summed E-state index contributed by atoms with van der Waals surface area (Å²) in [6.45, 7) is 0. The van der Waals surface area contributed by atoms with Crippen LogP contribution in [0, 0.1) is 0 Å². The lowest BCUT2D eigenvalue weighted by atomic mass is 10.2. The van der Waals surface area contributed by atoms with Crippen LogP contribution in [0.5, 0.6) is 0 Å². The molecule has 5 nitrogen and oxygen atoms in total. The number of aromatic nitrogens is 3. The number of carbonyl (C=O) groups is 1. The molecule has 1 amide bonds. The lowest BCUT2D eigenvalue weighted by Crippen LogP contribution is -2.12. The van der Waals surface area contributed by atoms with Crippen LogP contribution in [0.2, 0.25) is 10.2 Å². The summed E-state index contributed by atoms with van der Waals surface area (Å²) in [5.41, 5.74) is 2.65. The van der Waals surface area contributed by atoms with Crippen molar-refractivity contribution in [3.8, 4) is 10.7 Å². The van der Waals surface area contributed by atoms with Crippen LogP contribution in [0.3, 0.4) is 0 Å². The van der Waals surface area contributed by atoms with Gasteiger partial charge < -0.3 is 10.3 Å². The molecule has 0 fully saturated rings. The summed E-state index contributed by atoms with van der Waals surface area (Å²) < 4.78 is 0. The average Bonchev–Trinajstić information content (AvgIpc) is 3.25. The van der Waals surface area contributed by atoms with E-state index in [1.165, 1.54) is 12.3 Å². The van der Waals surface area contributed by atoms with Crippen LogP contribution in [-0.2, 0) is 0 Å². The quantitative estimate of drug-likeness (QED) is 0.471. The molecular formula is C17H10Cl2N4OS.